The van der Waals surface area contributed by atoms with Crippen molar-refractivity contribution in [3.05, 3.63) is 16.6 Å². The van der Waals surface area contributed by atoms with Gasteiger partial charge < -0.3 is 23.7 Å². The molecule has 26 heavy (non-hydrogen) atoms. The van der Waals surface area contributed by atoms with Gasteiger partial charge in [0, 0.05) is 4.47 Å². The molecule has 0 aromatic heterocycles. The molecule has 0 amide bonds. The molecule has 1 aromatic carbocycles. The lowest BCUT2D eigenvalue weighted by molar-refractivity contribution is -0.126. The standard InChI is InChI=1S/C19H31BrO5Si/c1-11(2)26(12(3)4,13(5)6)23-10-17-19(21)25-16-9-14(20)8-15(22-7)18(16)24-17/h8-9,11-13,17,19,21H,10H2,1-7H3/t17-,19?/m0/s1. The second-order valence-electron chi connectivity index (χ2n) is 7.73. The minimum Gasteiger partial charge on any atom is -0.493 e. The van der Waals surface area contributed by atoms with Crippen molar-refractivity contribution in [3.63, 3.8) is 0 Å². The van der Waals surface area contributed by atoms with E-state index in [0.717, 1.165) is 4.47 Å². The summed E-state index contributed by atoms with van der Waals surface area (Å²) in [6, 6.07) is 3.57. The van der Waals surface area contributed by atoms with E-state index in [1.807, 2.05) is 6.07 Å². The predicted molar refractivity (Wildman–Crippen MR) is 109 cm³/mol. The molecule has 0 aliphatic carbocycles. The minimum atomic E-state index is -2.05. The second-order valence-corrected chi connectivity index (χ2v) is 14.1. The zero-order chi connectivity index (χ0) is 19.6. The first-order chi connectivity index (χ1) is 12.1. The van der Waals surface area contributed by atoms with Crippen LogP contribution in [-0.2, 0) is 4.43 Å². The lowest BCUT2D eigenvalue weighted by Gasteiger charge is -2.43. The fourth-order valence-corrected chi connectivity index (χ4v) is 10.0. The van der Waals surface area contributed by atoms with Crippen LogP contribution in [0.25, 0.3) is 0 Å². The molecule has 0 bridgehead atoms. The van der Waals surface area contributed by atoms with E-state index in [1.54, 1.807) is 13.2 Å². The van der Waals surface area contributed by atoms with Crippen LogP contribution in [0.4, 0.5) is 0 Å². The number of ether oxygens (including phenoxy) is 3. The van der Waals surface area contributed by atoms with E-state index in [1.165, 1.54) is 0 Å². The number of rotatable bonds is 7. The van der Waals surface area contributed by atoms with Crippen LogP contribution in [0.2, 0.25) is 16.6 Å². The van der Waals surface area contributed by atoms with Gasteiger partial charge in [0.2, 0.25) is 20.4 Å². The highest BCUT2D eigenvalue weighted by molar-refractivity contribution is 9.10. The molecule has 148 valence electrons. The van der Waals surface area contributed by atoms with E-state index in [0.29, 0.717) is 40.5 Å². The molecule has 0 saturated heterocycles. The van der Waals surface area contributed by atoms with Crippen molar-refractivity contribution in [1.29, 1.82) is 0 Å². The molecule has 0 saturated carbocycles. The van der Waals surface area contributed by atoms with E-state index < -0.39 is 20.7 Å². The van der Waals surface area contributed by atoms with Gasteiger partial charge in [-0.1, -0.05) is 57.5 Å². The summed E-state index contributed by atoms with van der Waals surface area (Å²) in [5.74, 6) is 1.52. The summed E-state index contributed by atoms with van der Waals surface area (Å²) < 4.78 is 24.4. The molecule has 0 fully saturated rings. The summed E-state index contributed by atoms with van der Waals surface area (Å²) in [6.07, 6.45) is -1.68. The normalized spacial score (nSPS) is 20.2. The quantitative estimate of drug-likeness (QED) is 0.589. The first kappa shape index (κ1) is 21.5. The van der Waals surface area contributed by atoms with Crippen molar-refractivity contribution in [3.8, 4) is 17.2 Å². The van der Waals surface area contributed by atoms with Crippen LogP contribution in [0, 0.1) is 0 Å². The first-order valence-corrected chi connectivity index (χ1v) is 12.1. The van der Waals surface area contributed by atoms with Crippen LogP contribution in [0.5, 0.6) is 17.2 Å². The Hall–Kier alpha value is -0.763. The van der Waals surface area contributed by atoms with Crippen molar-refractivity contribution < 1.29 is 23.7 Å². The Kier molecular flexibility index (Phi) is 7.04. The van der Waals surface area contributed by atoms with Gasteiger partial charge in [-0.15, -0.1) is 0 Å². The van der Waals surface area contributed by atoms with E-state index in [2.05, 4.69) is 57.5 Å². The third-order valence-electron chi connectivity index (χ3n) is 5.25. The maximum atomic E-state index is 10.4. The Labute approximate surface area is 166 Å². The van der Waals surface area contributed by atoms with Crippen molar-refractivity contribution in [2.75, 3.05) is 13.7 Å². The van der Waals surface area contributed by atoms with Gasteiger partial charge in [0.15, 0.2) is 17.6 Å². The molecule has 5 nitrogen and oxygen atoms in total. The number of benzene rings is 1. The van der Waals surface area contributed by atoms with Gasteiger partial charge in [0.1, 0.15) is 0 Å². The van der Waals surface area contributed by atoms with Crippen LogP contribution in [0.3, 0.4) is 0 Å². The molecule has 1 N–H and O–H groups in total. The molecule has 0 radical (unpaired) electrons. The smallest absolute Gasteiger partial charge is 0.237 e. The summed E-state index contributed by atoms with van der Waals surface area (Å²) in [7, 11) is -0.469. The summed E-state index contributed by atoms with van der Waals surface area (Å²) in [4.78, 5) is 0. The summed E-state index contributed by atoms with van der Waals surface area (Å²) in [5.41, 5.74) is 1.38. The Morgan fingerprint density at radius 3 is 2.15 bits per heavy atom. The summed E-state index contributed by atoms with van der Waals surface area (Å²) in [6.45, 7) is 13.7. The lowest BCUT2D eigenvalue weighted by Crippen LogP contribution is -2.52. The van der Waals surface area contributed by atoms with Crippen molar-refractivity contribution in [2.45, 2.75) is 70.6 Å². The molecular formula is C19H31BrO5Si. The van der Waals surface area contributed by atoms with Gasteiger partial charge >= 0.3 is 0 Å². The maximum Gasteiger partial charge on any atom is 0.237 e. The highest BCUT2D eigenvalue weighted by Crippen LogP contribution is 2.45. The van der Waals surface area contributed by atoms with Gasteiger partial charge in [-0.25, -0.2) is 0 Å². The molecule has 1 unspecified atom stereocenters. The maximum absolute atomic E-state index is 10.4. The van der Waals surface area contributed by atoms with Gasteiger partial charge in [-0.2, -0.15) is 0 Å². The molecule has 2 atom stereocenters. The largest absolute Gasteiger partial charge is 0.493 e. The zero-order valence-corrected chi connectivity index (χ0v) is 19.3. The fourth-order valence-electron chi connectivity index (χ4n) is 4.16. The molecule has 1 aromatic rings. The predicted octanol–water partition coefficient (Wildman–Crippen LogP) is 5.11. The monoisotopic (exact) mass is 446 g/mol. The van der Waals surface area contributed by atoms with Gasteiger partial charge in [0.25, 0.3) is 0 Å². The SMILES string of the molecule is COc1cc(Br)cc2c1O[C@@H](CO[Si](C(C)C)(C(C)C)C(C)C)C(O)O2. The Morgan fingerprint density at radius 2 is 1.65 bits per heavy atom. The number of hydrogen-bond acceptors (Lipinski definition) is 5. The molecule has 7 heteroatoms. The van der Waals surface area contributed by atoms with E-state index in [4.69, 9.17) is 18.6 Å². The molecular weight excluding hydrogens is 416 g/mol. The number of fused-ring (bicyclic) bond motifs is 1. The molecule has 0 spiro atoms. The Morgan fingerprint density at radius 1 is 1.08 bits per heavy atom. The number of halogens is 1. The second kappa shape index (κ2) is 8.50. The molecule has 1 aliphatic rings. The minimum absolute atomic E-state index is 0.292. The number of aliphatic hydroxyl groups excluding tert-OH is 1. The Bertz CT molecular complexity index is 598. The number of aliphatic hydroxyl groups is 1. The van der Waals surface area contributed by atoms with Crippen molar-refractivity contribution in [2.24, 2.45) is 0 Å². The van der Waals surface area contributed by atoms with Crippen LogP contribution >= 0.6 is 15.9 Å². The van der Waals surface area contributed by atoms with Crippen molar-refractivity contribution in [1.82, 2.24) is 0 Å². The average molecular weight is 447 g/mol. The first-order valence-electron chi connectivity index (χ1n) is 9.16. The fraction of sp³-hybridized carbons (Fsp3) is 0.684. The third kappa shape index (κ3) is 4.05. The van der Waals surface area contributed by atoms with Crippen LogP contribution in [-0.4, -0.2) is 39.5 Å². The van der Waals surface area contributed by atoms with E-state index >= 15 is 0 Å². The lowest BCUT2D eigenvalue weighted by atomic mass is 10.2. The summed E-state index contributed by atoms with van der Waals surface area (Å²) >= 11 is 3.41. The molecule has 1 heterocycles. The van der Waals surface area contributed by atoms with Gasteiger partial charge in [-0.05, 0) is 28.8 Å². The van der Waals surface area contributed by atoms with Gasteiger partial charge in [-0.3, -0.25) is 0 Å². The van der Waals surface area contributed by atoms with E-state index in [9.17, 15) is 5.11 Å². The third-order valence-corrected chi connectivity index (χ3v) is 11.8. The van der Waals surface area contributed by atoms with Crippen LogP contribution < -0.4 is 14.2 Å². The summed E-state index contributed by atoms with van der Waals surface area (Å²) in [5, 5.41) is 10.4. The Balaban J connectivity index is 2.23. The van der Waals surface area contributed by atoms with Crippen LogP contribution in [0.1, 0.15) is 41.5 Å². The van der Waals surface area contributed by atoms with Crippen molar-refractivity contribution >= 4 is 24.2 Å². The number of methoxy groups -OCH3 is 1. The highest BCUT2D eigenvalue weighted by atomic mass is 79.9. The topological polar surface area (TPSA) is 57.2 Å². The molecule has 2 rings (SSSR count). The van der Waals surface area contributed by atoms with Gasteiger partial charge in [0.05, 0.1) is 13.7 Å². The highest BCUT2D eigenvalue weighted by Gasteiger charge is 2.46. The average Bonchev–Trinajstić information content (AvgIpc) is 2.54. The number of hydrogen-bond donors (Lipinski definition) is 1. The molecule has 1 aliphatic heterocycles. The van der Waals surface area contributed by atoms with Crippen LogP contribution in [0.15, 0.2) is 16.6 Å². The van der Waals surface area contributed by atoms with E-state index in [-0.39, 0.29) is 0 Å². The zero-order valence-electron chi connectivity index (χ0n) is 16.7.